The normalized spacial score (nSPS) is 11.4. The molecule has 0 amide bonds. The number of hydrogen-bond acceptors (Lipinski definition) is 4. The van der Waals surface area contributed by atoms with Crippen LogP contribution in [0.25, 0.3) is 0 Å². The second-order valence-corrected chi connectivity index (χ2v) is 5.28. The zero-order chi connectivity index (χ0) is 15.7. The van der Waals surface area contributed by atoms with Gasteiger partial charge in [0.25, 0.3) is 0 Å². The first-order valence-electron chi connectivity index (χ1n) is 7.78. The summed E-state index contributed by atoms with van der Waals surface area (Å²) in [5, 5.41) is 0. The summed E-state index contributed by atoms with van der Waals surface area (Å²) in [6.45, 7) is 7.57. The van der Waals surface area contributed by atoms with Crippen LogP contribution in [0, 0.1) is 0 Å². The van der Waals surface area contributed by atoms with Crippen LogP contribution in [0.15, 0.2) is 18.2 Å². The molecule has 21 heavy (non-hydrogen) atoms. The fourth-order valence-electron chi connectivity index (χ4n) is 2.71. The Morgan fingerprint density at radius 1 is 1.19 bits per heavy atom. The highest BCUT2D eigenvalue weighted by Crippen LogP contribution is 2.23. The monoisotopic (exact) mass is 294 g/mol. The Balaban J connectivity index is 2.94. The van der Waals surface area contributed by atoms with Gasteiger partial charge in [0.2, 0.25) is 0 Å². The van der Waals surface area contributed by atoms with Gasteiger partial charge in [-0.1, -0.05) is 19.9 Å². The lowest BCUT2D eigenvalue weighted by Gasteiger charge is -2.31. The van der Waals surface area contributed by atoms with Crippen molar-refractivity contribution in [2.75, 3.05) is 27.4 Å². The standard InChI is InChI=1S/C17H30N2O2/c1-5-16(6-2)19(9-10-20-3)13-15-11-14(12-18)7-8-17(15)21-4/h7-8,11,16H,5-6,9-10,12-13,18H2,1-4H3. The molecule has 0 unspecified atom stereocenters. The van der Waals surface area contributed by atoms with Crippen molar-refractivity contribution in [3.63, 3.8) is 0 Å². The van der Waals surface area contributed by atoms with Gasteiger partial charge in [0, 0.05) is 38.3 Å². The molecule has 0 heterocycles. The third-order valence-electron chi connectivity index (χ3n) is 4.00. The predicted octanol–water partition coefficient (Wildman–Crippen LogP) is 2.79. The summed E-state index contributed by atoms with van der Waals surface area (Å²) in [5.74, 6) is 0.931. The van der Waals surface area contributed by atoms with Crippen LogP contribution < -0.4 is 10.5 Å². The highest BCUT2D eigenvalue weighted by molar-refractivity contribution is 5.37. The second kappa shape index (κ2) is 9.77. The minimum Gasteiger partial charge on any atom is -0.496 e. The van der Waals surface area contributed by atoms with E-state index in [2.05, 4.69) is 24.8 Å². The van der Waals surface area contributed by atoms with Crippen LogP contribution in [-0.2, 0) is 17.8 Å². The van der Waals surface area contributed by atoms with Crippen LogP contribution in [0.1, 0.15) is 37.8 Å². The lowest BCUT2D eigenvalue weighted by molar-refractivity contribution is 0.109. The largest absolute Gasteiger partial charge is 0.496 e. The molecule has 0 radical (unpaired) electrons. The molecule has 0 spiro atoms. The van der Waals surface area contributed by atoms with E-state index < -0.39 is 0 Å². The van der Waals surface area contributed by atoms with E-state index in [1.165, 1.54) is 5.56 Å². The first kappa shape index (κ1) is 18.0. The first-order valence-corrected chi connectivity index (χ1v) is 7.78. The number of methoxy groups -OCH3 is 2. The van der Waals surface area contributed by atoms with Crippen LogP contribution in [0.4, 0.5) is 0 Å². The topological polar surface area (TPSA) is 47.7 Å². The van der Waals surface area contributed by atoms with Crippen molar-refractivity contribution in [2.24, 2.45) is 5.73 Å². The van der Waals surface area contributed by atoms with Crippen molar-refractivity contribution in [2.45, 2.75) is 45.8 Å². The van der Waals surface area contributed by atoms with Gasteiger partial charge >= 0.3 is 0 Å². The molecular formula is C17H30N2O2. The van der Waals surface area contributed by atoms with Crippen molar-refractivity contribution < 1.29 is 9.47 Å². The minimum absolute atomic E-state index is 0.556. The fourth-order valence-corrected chi connectivity index (χ4v) is 2.71. The van der Waals surface area contributed by atoms with E-state index in [4.69, 9.17) is 15.2 Å². The third kappa shape index (κ3) is 5.30. The number of benzene rings is 1. The predicted molar refractivity (Wildman–Crippen MR) is 87.5 cm³/mol. The smallest absolute Gasteiger partial charge is 0.123 e. The van der Waals surface area contributed by atoms with Crippen LogP contribution >= 0.6 is 0 Å². The maximum Gasteiger partial charge on any atom is 0.123 e. The SMILES string of the molecule is CCC(CC)N(CCOC)Cc1cc(CN)ccc1OC. The molecule has 0 aliphatic rings. The summed E-state index contributed by atoms with van der Waals surface area (Å²) < 4.78 is 10.8. The molecule has 4 heteroatoms. The highest BCUT2D eigenvalue weighted by atomic mass is 16.5. The maximum atomic E-state index is 5.76. The number of nitrogens with zero attached hydrogens (tertiary/aromatic N) is 1. The Morgan fingerprint density at radius 3 is 2.43 bits per heavy atom. The number of rotatable bonds is 10. The molecule has 0 saturated heterocycles. The molecule has 0 aliphatic heterocycles. The molecule has 120 valence electrons. The highest BCUT2D eigenvalue weighted by Gasteiger charge is 2.17. The molecule has 1 rings (SSSR count). The van der Waals surface area contributed by atoms with Crippen molar-refractivity contribution in [3.05, 3.63) is 29.3 Å². The van der Waals surface area contributed by atoms with Gasteiger partial charge < -0.3 is 15.2 Å². The van der Waals surface area contributed by atoms with Crippen molar-refractivity contribution in [1.29, 1.82) is 0 Å². The zero-order valence-electron chi connectivity index (χ0n) is 13.9. The zero-order valence-corrected chi connectivity index (χ0v) is 13.9. The van der Waals surface area contributed by atoms with E-state index in [-0.39, 0.29) is 0 Å². The Morgan fingerprint density at radius 2 is 1.90 bits per heavy atom. The van der Waals surface area contributed by atoms with Crippen LogP contribution in [0.2, 0.25) is 0 Å². The fraction of sp³-hybridized carbons (Fsp3) is 0.647. The summed E-state index contributed by atoms with van der Waals surface area (Å²) in [6, 6.07) is 6.75. The summed E-state index contributed by atoms with van der Waals surface area (Å²) in [6.07, 6.45) is 2.28. The third-order valence-corrected chi connectivity index (χ3v) is 4.00. The van der Waals surface area contributed by atoms with E-state index in [1.54, 1.807) is 14.2 Å². The number of ether oxygens (including phenoxy) is 2. The molecule has 2 N–H and O–H groups in total. The Kier molecular flexibility index (Phi) is 8.35. The molecule has 0 fully saturated rings. The van der Waals surface area contributed by atoms with Gasteiger partial charge in [-0.15, -0.1) is 0 Å². The summed E-state index contributed by atoms with van der Waals surface area (Å²) in [4.78, 5) is 2.47. The Hall–Kier alpha value is -1.10. The molecule has 0 aliphatic carbocycles. The van der Waals surface area contributed by atoms with Gasteiger partial charge in [0.15, 0.2) is 0 Å². The van der Waals surface area contributed by atoms with Crippen molar-refractivity contribution >= 4 is 0 Å². The molecule has 0 aromatic heterocycles. The Bertz CT molecular complexity index is 406. The van der Waals surface area contributed by atoms with Crippen LogP contribution in [-0.4, -0.2) is 38.3 Å². The van der Waals surface area contributed by atoms with E-state index in [0.717, 1.165) is 43.9 Å². The van der Waals surface area contributed by atoms with Gasteiger partial charge in [0.1, 0.15) is 5.75 Å². The lowest BCUT2D eigenvalue weighted by atomic mass is 10.1. The van der Waals surface area contributed by atoms with E-state index in [9.17, 15) is 0 Å². The maximum absolute atomic E-state index is 5.76. The second-order valence-electron chi connectivity index (χ2n) is 5.28. The molecule has 0 saturated carbocycles. The number of nitrogens with two attached hydrogens (primary N) is 1. The minimum atomic E-state index is 0.556. The molecule has 0 atom stereocenters. The first-order chi connectivity index (χ1) is 10.2. The average molecular weight is 294 g/mol. The average Bonchev–Trinajstić information content (AvgIpc) is 2.53. The van der Waals surface area contributed by atoms with E-state index in [1.807, 2.05) is 12.1 Å². The van der Waals surface area contributed by atoms with Crippen LogP contribution in [0.3, 0.4) is 0 Å². The molecular weight excluding hydrogens is 264 g/mol. The van der Waals surface area contributed by atoms with Gasteiger partial charge in [-0.3, -0.25) is 4.90 Å². The molecule has 4 nitrogen and oxygen atoms in total. The summed E-state index contributed by atoms with van der Waals surface area (Å²) in [7, 11) is 3.47. The Labute approximate surface area is 129 Å². The summed E-state index contributed by atoms with van der Waals surface area (Å²) in [5.41, 5.74) is 8.10. The van der Waals surface area contributed by atoms with Crippen molar-refractivity contribution in [3.8, 4) is 5.75 Å². The van der Waals surface area contributed by atoms with Crippen molar-refractivity contribution in [1.82, 2.24) is 4.90 Å². The summed E-state index contributed by atoms with van der Waals surface area (Å²) >= 11 is 0. The van der Waals surface area contributed by atoms with Gasteiger partial charge in [-0.05, 0) is 30.5 Å². The van der Waals surface area contributed by atoms with E-state index >= 15 is 0 Å². The number of hydrogen-bond donors (Lipinski definition) is 1. The quantitative estimate of drug-likeness (QED) is 0.721. The van der Waals surface area contributed by atoms with Gasteiger partial charge in [-0.2, -0.15) is 0 Å². The molecule has 0 bridgehead atoms. The molecule has 1 aromatic rings. The van der Waals surface area contributed by atoms with Gasteiger partial charge in [-0.25, -0.2) is 0 Å². The van der Waals surface area contributed by atoms with Gasteiger partial charge in [0.05, 0.1) is 13.7 Å². The van der Waals surface area contributed by atoms with Crippen LogP contribution in [0.5, 0.6) is 5.75 Å². The lowest BCUT2D eigenvalue weighted by Crippen LogP contribution is -2.36. The molecule has 1 aromatic carbocycles. The van der Waals surface area contributed by atoms with E-state index in [0.29, 0.717) is 12.6 Å².